The van der Waals surface area contributed by atoms with E-state index in [1.165, 1.54) is 28.8 Å². The second-order valence-electron chi connectivity index (χ2n) is 7.08. The molecular formula is C20H25N3O4. The number of amides is 1. The number of benzene rings is 1. The average Bonchev–Trinajstić information content (AvgIpc) is 2.69. The lowest BCUT2D eigenvalue weighted by Crippen LogP contribution is -2.44. The standard InChI is InChI=1S/C20H25N3O4/c1-27-16-7-5-15(6-8-16)20(10-3-2-4-11-20)14-21-18(25)13-23-12-9-17(24)22-19(23)26/h5-9,12H,2-4,10-11,13-14H2,1H3,(H,21,25)(H,22,24,26). The normalized spacial score (nSPS) is 15.9. The highest BCUT2D eigenvalue weighted by Crippen LogP contribution is 2.39. The summed E-state index contributed by atoms with van der Waals surface area (Å²) in [5.74, 6) is 0.564. The molecule has 1 fully saturated rings. The number of hydrogen-bond acceptors (Lipinski definition) is 4. The van der Waals surface area contributed by atoms with Crippen LogP contribution in [0.2, 0.25) is 0 Å². The smallest absolute Gasteiger partial charge is 0.328 e. The summed E-state index contributed by atoms with van der Waals surface area (Å²) in [6.07, 6.45) is 6.82. The monoisotopic (exact) mass is 371 g/mol. The maximum absolute atomic E-state index is 12.4. The zero-order chi connectivity index (χ0) is 19.3. The predicted octanol–water partition coefficient (Wildman–Crippen LogP) is 1.56. The van der Waals surface area contributed by atoms with Gasteiger partial charge in [0.2, 0.25) is 5.91 Å². The zero-order valence-corrected chi connectivity index (χ0v) is 15.5. The van der Waals surface area contributed by atoms with Crippen molar-refractivity contribution in [3.63, 3.8) is 0 Å². The first-order chi connectivity index (χ1) is 13.0. The minimum Gasteiger partial charge on any atom is -0.497 e. The van der Waals surface area contributed by atoms with Gasteiger partial charge in [0.25, 0.3) is 5.56 Å². The first-order valence-electron chi connectivity index (χ1n) is 9.23. The number of methoxy groups -OCH3 is 1. The second kappa shape index (κ2) is 8.24. The molecular weight excluding hydrogens is 346 g/mol. The second-order valence-corrected chi connectivity index (χ2v) is 7.08. The highest BCUT2D eigenvalue weighted by Gasteiger charge is 2.34. The maximum Gasteiger partial charge on any atom is 0.328 e. The minimum atomic E-state index is -0.583. The molecule has 0 unspecified atom stereocenters. The van der Waals surface area contributed by atoms with Gasteiger partial charge in [0.1, 0.15) is 12.3 Å². The SMILES string of the molecule is COc1ccc(C2(CNC(=O)Cn3ccc(=O)[nH]c3=O)CCCCC2)cc1. The third kappa shape index (κ3) is 4.48. The van der Waals surface area contributed by atoms with Crippen LogP contribution >= 0.6 is 0 Å². The van der Waals surface area contributed by atoms with Gasteiger partial charge in [0.15, 0.2) is 0 Å². The first kappa shape index (κ1) is 18.9. The Hall–Kier alpha value is -2.83. The van der Waals surface area contributed by atoms with Crippen molar-refractivity contribution in [1.82, 2.24) is 14.9 Å². The van der Waals surface area contributed by atoms with Crippen LogP contribution in [0.5, 0.6) is 5.75 Å². The molecule has 1 aliphatic rings. The third-order valence-corrected chi connectivity index (χ3v) is 5.35. The van der Waals surface area contributed by atoms with Crippen molar-refractivity contribution < 1.29 is 9.53 Å². The number of hydrogen-bond donors (Lipinski definition) is 2. The van der Waals surface area contributed by atoms with Crippen LogP contribution in [-0.2, 0) is 16.8 Å². The van der Waals surface area contributed by atoms with Gasteiger partial charge in [0.05, 0.1) is 7.11 Å². The van der Waals surface area contributed by atoms with E-state index in [0.29, 0.717) is 6.54 Å². The molecule has 3 rings (SSSR count). The van der Waals surface area contributed by atoms with Gasteiger partial charge in [-0.2, -0.15) is 0 Å². The number of aromatic nitrogens is 2. The van der Waals surface area contributed by atoms with E-state index in [1.807, 2.05) is 12.1 Å². The van der Waals surface area contributed by atoms with Crippen molar-refractivity contribution in [3.05, 3.63) is 62.9 Å². The molecule has 0 saturated heterocycles. The Morgan fingerprint density at radius 3 is 2.48 bits per heavy atom. The van der Waals surface area contributed by atoms with E-state index in [0.717, 1.165) is 31.4 Å². The molecule has 0 radical (unpaired) electrons. The molecule has 7 nitrogen and oxygen atoms in total. The molecule has 0 aliphatic heterocycles. The van der Waals surface area contributed by atoms with Gasteiger partial charge in [-0.15, -0.1) is 0 Å². The summed E-state index contributed by atoms with van der Waals surface area (Å²) in [7, 11) is 1.64. The lowest BCUT2D eigenvalue weighted by molar-refractivity contribution is -0.122. The minimum absolute atomic E-state index is 0.101. The summed E-state index contributed by atoms with van der Waals surface area (Å²) in [5, 5.41) is 2.99. The zero-order valence-electron chi connectivity index (χ0n) is 15.5. The Morgan fingerprint density at radius 1 is 1.15 bits per heavy atom. The van der Waals surface area contributed by atoms with E-state index in [4.69, 9.17) is 4.74 Å². The van der Waals surface area contributed by atoms with Crippen LogP contribution in [0.15, 0.2) is 46.1 Å². The number of nitrogens with zero attached hydrogens (tertiary/aromatic N) is 1. The van der Waals surface area contributed by atoms with Crippen LogP contribution in [-0.4, -0.2) is 29.1 Å². The molecule has 1 heterocycles. The third-order valence-electron chi connectivity index (χ3n) is 5.35. The summed E-state index contributed by atoms with van der Waals surface area (Å²) < 4.78 is 6.44. The molecule has 1 aromatic heterocycles. The van der Waals surface area contributed by atoms with Gasteiger partial charge in [-0.25, -0.2) is 4.79 Å². The van der Waals surface area contributed by atoms with Crippen LogP contribution in [0, 0.1) is 0 Å². The molecule has 144 valence electrons. The summed E-state index contributed by atoms with van der Waals surface area (Å²) in [5.41, 5.74) is 0.0397. The Morgan fingerprint density at radius 2 is 1.85 bits per heavy atom. The largest absolute Gasteiger partial charge is 0.497 e. The molecule has 2 N–H and O–H groups in total. The summed E-state index contributed by atoms with van der Waals surface area (Å²) in [6, 6.07) is 9.28. The lowest BCUT2D eigenvalue weighted by atomic mass is 9.69. The fraction of sp³-hybridized carbons (Fsp3) is 0.450. The van der Waals surface area contributed by atoms with Crippen molar-refractivity contribution >= 4 is 5.91 Å². The lowest BCUT2D eigenvalue weighted by Gasteiger charge is -2.38. The van der Waals surface area contributed by atoms with E-state index < -0.39 is 11.2 Å². The van der Waals surface area contributed by atoms with Gasteiger partial charge in [-0.3, -0.25) is 19.1 Å². The van der Waals surface area contributed by atoms with E-state index in [9.17, 15) is 14.4 Å². The quantitative estimate of drug-likeness (QED) is 0.806. The summed E-state index contributed by atoms with van der Waals surface area (Å²) in [4.78, 5) is 37.4. The number of aromatic amines is 1. The van der Waals surface area contributed by atoms with Crippen LogP contribution < -0.4 is 21.3 Å². The van der Waals surface area contributed by atoms with Crippen molar-refractivity contribution in [2.45, 2.75) is 44.1 Å². The van der Waals surface area contributed by atoms with E-state index in [-0.39, 0.29) is 17.9 Å². The Bertz CT molecular complexity index is 892. The van der Waals surface area contributed by atoms with E-state index in [2.05, 4.69) is 22.4 Å². The number of H-pyrrole nitrogens is 1. The molecule has 1 saturated carbocycles. The number of nitrogens with one attached hydrogen (secondary N) is 2. The molecule has 27 heavy (non-hydrogen) atoms. The van der Waals surface area contributed by atoms with Crippen molar-refractivity contribution in [2.24, 2.45) is 0 Å². The topological polar surface area (TPSA) is 93.2 Å². The van der Waals surface area contributed by atoms with Crippen LogP contribution in [0.1, 0.15) is 37.7 Å². The van der Waals surface area contributed by atoms with Gasteiger partial charge in [-0.05, 0) is 30.5 Å². The van der Waals surface area contributed by atoms with Gasteiger partial charge in [0, 0.05) is 24.2 Å². The number of carbonyl (C=O) groups is 1. The number of rotatable bonds is 6. The average molecular weight is 371 g/mol. The number of ether oxygens (including phenoxy) is 1. The summed E-state index contributed by atoms with van der Waals surface area (Å²) >= 11 is 0. The van der Waals surface area contributed by atoms with Gasteiger partial charge >= 0.3 is 5.69 Å². The predicted molar refractivity (Wildman–Crippen MR) is 102 cm³/mol. The Balaban J connectivity index is 1.71. The van der Waals surface area contributed by atoms with Crippen molar-refractivity contribution in [3.8, 4) is 5.75 Å². The van der Waals surface area contributed by atoms with Crippen molar-refractivity contribution in [1.29, 1.82) is 0 Å². The van der Waals surface area contributed by atoms with E-state index >= 15 is 0 Å². The highest BCUT2D eigenvalue weighted by molar-refractivity contribution is 5.75. The Labute approximate surface area is 157 Å². The first-order valence-corrected chi connectivity index (χ1v) is 9.23. The fourth-order valence-corrected chi connectivity index (χ4v) is 3.79. The Kier molecular flexibility index (Phi) is 5.78. The van der Waals surface area contributed by atoms with Gasteiger partial charge < -0.3 is 10.1 Å². The van der Waals surface area contributed by atoms with Crippen molar-refractivity contribution in [2.75, 3.05) is 13.7 Å². The van der Waals surface area contributed by atoms with E-state index in [1.54, 1.807) is 7.11 Å². The maximum atomic E-state index is 12.4. The highest BCUT2D eigenvalue weighted by atomic mass is 16.5. The molecule has 1 amide bonds. The fourth-order valence-electron chi connectivity index (χ4n) is 3.79. The van der Waals surface area contributed by atoms with Crippen LogP contribution in [0.4, 0.5) is 0 Å². The summed E-state index contributed by atoms with van der Waals surface area (Å²) in [6.45, 7) is 0.407. The van der Waals surface area contributed by atoms with Crippen LogP contribution in [0.25, 0.3) is 0 Å². The molecule has 7 heteroatoms. The molecule has 2 aromatic rings. The van der Waals surface area contributed by atoms with Crippen LogP contribution in [0.3, 0.4) is 0 Å². The number of carbonyl (C=O) groups excluding carboxylic acids is 1. The molecule has 0 atom stereocenters. The molecule has 1 aromatic carbocycles. The molecule has 0 spiro atoms. The molecule has 0 bridgehead atoms. The van der Waals surface area contributed by atoms with Gasteiger partial charge in [-0.1, -0.05) is 31.4 Å². The molecule has 1 aliphatic carbocycles.